The van der Waals surface area contributed by atoms with Crippen LogP contribution in [0.3, 0.4) is 0 Å². The summed E-state index contributed by atoms with van der Waals surface area (Å²) in [4.78, 5) is 22.6. The third kappa shape index (κ3) is 1.54. The zero-order valence-electron chi connectivity index (χ0n) is 8.27. The molecule has 0 radical (unpaired) electrons. The minimum absolute atomic E-state index is 0.0428. The summed E-state index contributed by atoms with van der Waals surface area (Å²) < 4.78 is 0. The molecule has 0 aromatic heterocycles. The lowest BCUT2D eigenvalue weighted by Crippen LogP contribution is -2.33. The fraction of sp³-hybridized carbons (Fsp3) is 0.333. The van der Waals surface area contributed by atoms with Gasteiger partial charge in [0.05, 0.1) is 5.41 Å². The van der Waals surface area contributed by atoms with Crippen LogP contribution in [0.15, 0.2) is 30.3 Å². The molecule has 0 bridgehead atoms. The van der Waals surface area contributed by atoms with Crippen molar-refractivity contribution in [2.24, 2.45) is 0 Å². The van der Waals surface area contributed by atoms with Crippen molar-refractivity contribution < 1.29 is 14.7 Å². The van der Waals surface area contributed by atoms with E-state index in [9.17, 15) is 14.7 Å². The summed E-state index contributed by atoms with van der Waals surface area (Å²) in [5.41, 5.74) is -0.235. The van der Waals surface area contributed by atoms with Gasteiger partial charge in [0.15, 0.2) is 0 Å². The van der Waals surface area contributed by atoms with E-state index in [1.54, 1.807) is 12.1 Å². The largest absolute Gasteiger partial charge is 0.481 e. The molecule has 15 heavy (non-hydrogen) atoms. The molecule has 0 spiro atoms. The van der Waals surface area contributed by atoms with Crippen molar-refractivity contribution in [3.8, 4) is 0 Å². The van der Waals surface area contributed by atoms with Crippen LogP contribution in [-0.4, -0.2) is 16.9 Å². The fourth-order valence-corrected chi connectivity index (χ4v) is 2.18. The van der Waals surface area contributed by atoms with Crippen molar-refractivity contribution in [2.75, 3.05) is 0 Å². The molecule has 0 saturated heterocycles. The van der Waals surface area contributed by atoms with Crippen LogP contribution in [0.2, 0.25) is 0 Å². The lowest BCUT2D eigenvalue weighted by atomic mass is 9.79. The van der Waals surface area contributed by atoms with Gasteiger partial charge in [-0.1, -0.05) is 30.3 Å². The number of ketones is 1. The van der Waals surface area contributed by atoms with Crippen molar-refractivity contribution >= 4 is 11.8 Å². The van der Waals surface area contributed by atoms with E-state index in [2.05, 4.69) is 0 Å². The maximum Gasteiger partial charge on any atom is 0.314 e. The first-order valence-corrected chi connectivity index (χ1v) is 4.96. The molecule has 1 fully saturated rings. The van der Waals surface area contributed by atoms with Gasteiger partial charge in [-0.25, -0.2) is 0 Å². The maximum atomic E-state index is 11.3. The van der Waals surface area contributed by atoms with Gasteiger partial charge >= 0.3 is 5.97 Å². The van der Waals surface area contributed by atoms with E-state index in [1.807, 2.05) is 18.2 Å². The Labute approximate surface area is 87.7 Å². The molecule has 3 nitrogen and oxygen atoms in total. The topological polar surface area (TPSA) is 54.4 Å². The lowest BCUT2D eigenvalue weighted by Gasteiger charge is -2.23. The standard InChI is InChI=1S/C12H12O3/c13-10-6-7-12(8-10,11(14)15)9-4-2-1-3-5-9/h1-5H,6-8H2,(H,14,15)/t12-/m1/s1. The van der Waals surface area contributed by atoms with Crippen molar-refractivity contribution in [1.29, 1.82) is 0 Å². The van der Waals surface area contributed by atoms with Gasteiger partial charge < -0.3 is 5.11 Å². The summed E-state index contributed by atoms with van der Waals surface area (Å²) >= 11 is 0. The second kappa shape index (κ2) is 3.50. The minimum Gasteiger partial charge on any atom is -0.481 e. The Morgan fingerprint density at radius 1 is 1.27 bits per heavy atom. The second-order valence-corrected chi connectivity index (χ2v) is 3.97. The number of hydrogen-bond acceptors (Lipinski definition) is 2. The van der Waals surface area contributed by atoms with Crippen LogP contribution >= 0.6 is 0 Å². The molecule has 78 valence electrons. The van der Waals surface area contributed by atoms with Crippen LogP contribution in [0.4, 0.5) is 0 Å². The monoisotopic (exact) mass is 204 g/mol. The maximum absolute atomic E-state index is 11.3. The number of carboxylic acid groups (broad SMARTS) is 1. The van der Waals surface area contributed by atoms with E-state index >= 15 is 0 Å². The summed E-state index contributed by atoms with van der Waals surface area (Å²) in [6, 6.07) is 9.03. The van der Waals surface area contributed by atoms with Gasteiger partial charge in [0.1, 0.15) is 5.78 Å². The molecule has 2 rings (SSSR count). The first-order chi connectivity index (χ1) is 7.15. The van der Waals surface area contributed by atoms with E-state index in [1.165, 1.54) is 0 Å². The van der Waals surface area contributed by atoms with Crippen molar-refractivity contribution in [3.05, 3.63) is 35.9 Å². The van der Waals surface area contributed by atoms with E-state index in [-0.39, 0.29) is 12.2 Å². The van der Waals surface area contributed by atoms with Crippen LogP contribution in [0.1, 0.15) is 24.8 Å². The van der Waals surface area contributed by atoms with Gasteiger partial charge in [-0.2, -0.15) is 0 Å². The van der Waals surface area contributed by atoms with Crippen molar-refractivity contribution in [3.63, 3.8) is 0 Å². The van der Waals surface area contributed by atoms with Gasteiger partial charge in [0, 0.05) is 12.8 Å². The Bertz CT molecular complexity index is 397. The summed E-state index contributed by atoms with van der Waals surface area (Å²) in [7, 11) is 0. The summed E-state index contributed by atoms with van der Waals surface area (Å²) in [5.74, 6) is -0.846. The predicted octanol–water partition coefficient (Wildman–Crippen LogP) is 1.76. The molecular formula is C12H12O3. The second-order valence-electron chi connectivity index (χ2n) is 3.97. The Morgan fingerprint density at radius 3 is 2.40 bits per heavy atom. The molecule has 1 aliphatic carbocycles. The number of aliphatic carboxylic acids is 1. The molecule has 1 aromatic rings. The summed E-state index contributed by atoms with van der Waals surface area (Å²) in [5, 5.41) is 9.28. The third-order valence-corrected chi connectivity index (χ3v) is 3.07. The highest BCUT2D eigenvalue weighted by atomic mass is 16.4. The number of benzene rings is 1. The minimum atomic E-state index is -0.974. The van der Waals surface area contributed by atoms with Crippen LogP contribution < -0.4 is 0 Å². The summed E-state index contributed by atoms with van der Waals surface area (Å²) in [6.45, 7) is 0. The average Bonchev–Trinajstić information content (AvgIpc) is 2.63. The summed E-state index contributed by atoms with van der Waals surface area (Å²) in [6.07, 6.45) is 0.929. The molecule has 0 aliphatic heterocycles. The van der Waals surface area contributed by atoms with Crippen LogP contribution in [-0.2, 0) is 15.0 Å². The molecule has 0 unspecified atom stereocenters. The molecule has 3 heteroatoms. The van der Waals surface area contributed by atoms with Crippen molar-refractivity contribution in [2.45, 2.75) is 24.7 Å². The number of Topliss-reactive ketones (excluding diaryl/α,β-unsaturated/α-hetero) is 1. The first kappa shape index (κ1) is 9.90. The van der Waals surface area contributed by atoms with E-state index in [0.29, 0.717) is 12.8 Å². The number of hydrogen-bond donors (Lipinski definition) is 1. The third-order valence-electron chi connectivity index (χ3n) is 3.07. The molecule has 0 heterocycles. The molecule has 1 aliphatic rings. The van der Waals surface area contributed by atoms with Gasteiger partial charge in [-0.15, -0.1) is 0 Å². The highest BCUT2D eigenvalue weighted by molar-refractivity contribution is 5.94. The molecule has 0 amide bonds. The van der Waals surface area contributed by atoms with E-state index in [0.717, 1.165) is 5.56 Å². The number of carboxylic acids is 1. The first-order valence-electron chi connectivity index (χ1n) is 4.96. The van der Waals surface area contributed by atoms with Crippen molar-refractivity contribution in [1.82, 2.24) is 0 Å². The van der Waals surface area contributed by atoms with Crippen LogP contribution in [0.25, 0.3) is 0 Å². The SMILES string of the molecule is O=C1CC[C@](C(=O)O)(c2ccccc2)C1. The molecule has 1 saturated carbocycles. The zero-order chi connectivity index (χ0) is 10.9. The number of carbonyl (C=O) groups is 2. The van der Waals surface area contributed by atoms with Gasteiger partial charge in [0.25, 0.3) is 0 Å². The number of carbonyl (C=O) groups excluding carboxylic acids is 1. The zero-order valence-corrected chi connectivity index (χ0v) is 8.27. The average molecular weight is 204 g/mol. The van der Waals surface area contributed by atoms with E-state index in [4.69, 9.17) is 0 Å². The molecule has 1 N–H and O–H groups in total. The quantitative estimate of drug-likeness (QED) is 0.798. The Balaban J connectivity index is 2.45. The Hall–Kier alpha value is -1.64. The Kier molecular flexibility index (Phi) is 2.31. The molecular weight excluding hydrogens is 192 g/mol. The normalized spacial score (nSPS) is 25.5. The molecule has 1 atom stereocenters. The van der Waals surface area contributed by atoms with Gasteiger partial charge in [-0.05, 0) is 12.0 Å². The molecule has 1 aromatic carbocycles. The smallest absolute Gasteiger partial charge is 0.314 e. The number of rotatable bonds is 2. The van der Waals surface area contributed by atoms with Crippen LogP contribution in [0, 0.1) is 0 Å². The fourth-order valence-electron chi connectivity index (χ4n) is 2.18. The van der Waals surface area contributed by atoms with Gasteiger partial charge in [-0.3, -0.25) is 9.59 Å². The lowest BCUT2D eigenvalue weighted by molar-refractivity contribution is -0.144. The van der Waals surface area contributed by atoms with Crippen LogP contribution in [0.5, 0.6) is 0 Å². The highest BCUT2D eigenvalue weighted by Crippen LogP contribution is 2.39. The predicted molar refractivity (Wildman–Crippen MR) is 54.6 cm³/mol. The highest BCUT2D eigenvalue weighted by Gasteiger charge is 2.46. The van der Waals surface area contributed by atoms with E-state index < -0.39 is 11.4 Å². The Morgan fingerprint density at radius 2 is 1.93 bits per heavy atom. The van der Waals surface area contributed by atoms with Gasteiger partial charge in [0.2, 0.25) is 0 Å².